The first-order chi connectivity index (χ1) is 13.2. The topological polar surface area (TPSA) is 41.4 Å². The molecule has 0 saturated carbocycles. The van der Waals surface area contributed by atoms with Gasteiger partial charge in [-0.3, -0.25) is 9.69 Å². The highest BCUT2D eigenvalue weighted by Crippen LogP contribution is 2.34. The summed E-state index contributed by atoms with van der Waals surface area (Å²) in [5.41, 5.74) is -1.80. The van der Waals surface area contributed by atoms with E-state index in [1.54, 1.807) is 6.20 Å². The number of hydrogen-bond acceptors (Lipinski definition) is 3. The Morgan fingerprint density at radius 1 is 1.21 bits per heavy atom. The van der Waals surface area contributed by atoms with E-state index in [1.807, 2.05) is 17.8 Å². The number of carbonyl (C=O) groups is 1. The van der Waals surface area contributed by atoms with Crippen molar-refractivity contribution in [2.75, 3.05) is 26.2 Å². The van der Waals surface area contributed by atoms with Gasteiger partial charge in [0, 0.05) is 45.6 Å². The van der Waals surface area contributed by atoms with Crippen molar-refractivity contribution < 1.29 is 22.4 Å². The van der Waals surface area contributed by atoms with Crippen molar-refractivity contribution in [1.29, 1.82) is 0 Å². The van der Waals surface area contributed by atoms with Gasteiger partial charge in [-0.25, -0.2) is 9.37 Å². The van der Waals surface area contributed by atoms with Crippen LogP contribution in [0.2, 0.25) is 5.02 Å². The normalized spacial score (nSPS) is 16.3. The van der Waals surface area contributed by atoms with Crippen LogP contribution in [0.3, 0.4) is 0 Å². The standard InChI is InChI=1S/C18H19ClF4N4O/c1-25-6-3-24-15(25)11-26-4-2-5-27(8-7-26)17(28)13-9-12(18(21,22)23)10-14(19)16(13)20/h3,6,9-10H,2,4-5,7-8,11H2,1H3. The van der Waals surface area contributed by atoms with Gasteiger partial charge in [-0.2, -0.15) is 13.2 Å². The molecule has 0 spiro atoms. The second kappa shape index (κ2) is 8.08. The number of nitrogens with zero attached hydrogens (tertiary/aromatic N) is 4. The number of halogens is 5. The van der Waals surface area contributed by atoms with Crippen LogP contribution >= 0.6 is 11.6 Å². The lowest BCUT2D eigenvalue weighted by atomic mass is 10.1. The molecule has 152 valence electrons. The molecule has 0 bridgehead atoms. The summed E-state index contributed by atoms with van der Waals surface area (Å²) >= 11 is 5.59. The van der Waals surface area contributed by atoms with Crippen LogP contribution in [0.4, 0.5) is 17.6 Å². The molecule has 1 aliphatic rings. The molecular formula is C18H19ClF4N4O. The van der Waals surface area contributed by atoms with Crippen LogP contribution in [-0.2, 0) is 19.8 Å². The van der Waals surface area contributed by atoms with Crippen LogP contribution in [0.5, 0.6) is 0 Å². The molecule has 2 heterocycles. The lowest BCUT2D eigenvalue weighted by molar-refractivity contribution is -0.137. The van der Waals surface area contributed by atoms with E-state index < -0.39 is 34.1 Å². The maximum atomic E-state index is 14.3. The molecule has 1 amide bonds. The van der Waals surface area contributed by atoms with Crippen LogP contribution in [0, 0.1) is 5.82 Å². The predicted molar refractivity (Wildman–Crippen MR) is 95.4 cm³/mol. The van der Waals surface area contributed by atoms with Crippen molar-refractivity contribution in [3.63, 3.8) is 0 Å². The number of aryl methyl sites for hydroxylation is 1. The van der Waals surface area contributed by atoms with Gasteiger partial charge in [-0.1, -0.05) is 11.6 Å². The maximum Gasteiger partial charge on any atom is 0.416 e. The summed E-state index contributed by atoms with van der Waals surface area (Å²) in [4.78, 5) is 20.4. The van der Waals surface area contributed by atoms with E-state index in [0.717, 1.165) is 5.82 Å². The van der Waals surface area contributed by atoms with Crippen LogP contribution in [0.1, 0.15) is 28.2 Å². The fourth-order valence-electron chi connectivity index (χ4n) is 3.16. The molecule has 1 aromatic heterocycles. The predicted octanol–water partition coefficient (Wildman–Crippen LogP) is 3.58. The largest absolute Gasteiger partial charge is 0.416 e. The Bertz CT molecular complexity index is 868. The van der Waals surface area contributed by atoms with Crippen molar-refractivity contribution in [2.24, 2.45) is 7.05 Å². The van der Waals surface area contributed by atoms with Crippen molar-refractivity contribution >= 4 is 17.5 Å². The number of imidazole rings is 1. The van der Waals surface area contributed by atoms with E-state index >= 15 is 0 Å². The van der Waals surface area contributed by atoms with Gasteiger partial charge in [0.1, 0.15) is 5.82 Å². The number of rotatable bonds is 3. The highest BCUT2D eigenvalue weighted by atomic mass is 35.5. The minimum atomic E-state index is -4.72. The summed E-state index contributed by atoms with van der Waals surface area (Å²) in [6.07, 6.45) is -0.569. The molecule has 1 aromatic carbocycles. The Labute approximate surface area is 164 Å². The minimum Gasteiger partial charge on any atom is -0.337 e. The number of aromatic nitrogens is 2. The third-order valence-electron chi connectivity index (χ3n) is 4.75. The van der Waals surface area contributed by atoms with E-state index in [0.29, 0.717) is 44.7 Å². The second-order valence-corrected chi connectivity index (χ2v) is 7.10. The molecule has 28 heavy (non-hydrogen) atoms. The zero-order valence-corrected chi connectivity index (χ0v) is 15.9. The first kappa shape index (κ1) is 20.6. The molecule has 10 heteroatoms. The van der Waals surface area contributed by atoms with E-state index in [1.165, 1.54) is 4.90 Å². The Morgan fingerprint density at radius 3 is 2.61 bits per heavy atom. The zero-order chi connectivity index (χ0) is 20.5. The lowest BCUT2D eigenvalue weighted by Crippen LogP contribution is -2.36. The molecule has 0 radical (unpaired) electrons. The lowest BCUT2D eigenvalue weighted by Gasteiger charge is -2.22. The number of amides is 1. The van der Waals surface area contributed by atoms with Crippen LogP contribution < -0.4 is 0 Å². The summed E-state index contributed by atoms with van der Waals surface area (Å²) in [6.45, 7) is 2.39. The van der Waals surface area contributed by atoms with Gasteiger partial charge in [-0.05, 0) is 18.6 Å². The Morgan fingerprint density at radius 2 is 1.96 bits per heavy atom. The van der Waals surface area contributed by atoms with Crippen LogP contribution in [-0.4, -0.2) is 51.4 Å². The molecule has 1 aliphatic heterocycles. The Kier molecular flexibility index (Phi) is 5.95. The molecule has 5 nitrogen and oxygen atoms in total. The quantitative estimate of drug-likeness (QED) is 0.715. The van der Waals surface area contributed by atoms with Crippen molar-refractivity contribution in [2.45, 2.75) is 19.1 Å². The molecule has 1 saturated heterocycles. The molecule has 0 aliphatic carbocycles. The molecule has 0 unspecified atom stereocenters. The van der Waals surface area contributed by atoms with E-state index in [-0.39, 0.29) is 6.54 Å². The van der Waals surface area contributed by atoms with Gasteiger partial charge in [0.15, 0.2) is 5.82 Å². The zero-order valence-electron chi connectivity index (χ0n) is 15.1. The van der Waals surface area contributed by atoms with Crippen molar-refractivity contribution in [3.8, 4) is 0 Å². The van der Waals surface area contributed by atoms with E-state index in [4.69, 9.17) is 11.6 Å². The van der Waals surface area contributed by atoms with Gasteiger partial charge in [0.05, 0.1) is 22.7 Å². The van der Waals surface area contributed by atoms with Gasteiger partial charge >= 0.3 is 6.18 Å². The Hall–Kier alpha value is -2.13. The number of alkyl halides is 3. The number of hydrogen-bond donors (Lipinski definition) is 0. The maximum absolute atomic E-state index is 14.3. The fourth-order valence-corrected chi connectivity index (χ4v) is 3.38. The van der Waals surface area contributed by atoms with Gasteiger partial charge in [-0.15, -0.1) is 0 Å². The SMILES string of the molecule is Cn1ccnc1CN1CCCN(C(=O)c2cc(C(F)(F)F)cc(Cl)c2F)CC1. The van der Waals surface area contributed by atoms with Gasteiger partial charge in [0.2, 0.25) is 0 Å². The smallest absolute Gasteiger partial charge is 0.337 e. The van der Waals surface area contributed by atoms with Gasteiger partial charge < -0.3 is 9.47 Å². The van der Waals surface area contributed by atoms with Gasteiger partial charge in [0.25, 0.3) is 5.91 Å². The van der Waals surface area contributed by atoms with Crippen LogP contribution in [0.25, 0.3) is 0 Å². The monoisotopic (exact) mass is 418 g/mol. The molecule has 0 N–H and O–H groups in total. The molecular weight excluding hydrogens is 400 g/mol. The molecule has 3 rings (SSSR count). The third kappa shape index (κ3) is 4.47. The fraction of sp³-hybridized carbons (Fsp3) is 0.444. The summed E-state index contributed by atoms with van der Waals surface area (Å²) < 4.78 is 55.2. The average Bonchev–Trinajstić information content (AvgIpc) is 2.89. The number of benzene rings is 1. The summed E-state index contributed by atoms with van der Waals surface area (Å²) in [6, 6.07) is 1.02. The summed E-state index contributed by atoms with van der Waals surface area (Å²) in [7, 11) is 1.89. The highest BCUT2D eigenvalue weighted by molar-refractivity contribution is 6.31. The van der Waals surface area contributed by atoms with Crippen molar-refractivity contribution in [1.82, 2.24) is 19.4 Å². The van der Waals surface area contributed by atoms with Crippen molar-refractivity contribution in [3.05, 3.63) is 52.3 Å². The summed E-state index contributed by atoms with van der Waals surface area (Å²) in [5, 5.41) is -0.718. The molecule has 1 fully saturated rings. The van der Waals surface area contributed by atoms with Crippen LogP contribution in [0.15, 0.2) is 24.5 Å². The number of carbonyl (C=O) groups excluding carboxylic acids is 1. The summed E-state index contributed by atoms with van der Waals surface area (Å²) in [5.74, 6) is -1.05. The highest BCUT2D eigenvalue weighted by Gasteiger charge is 2.34. The minimum absolute atomic E-state index is 0.274. The second-order valence-electron chi connectivity index (χ2n) is 6.69. The first-order valence-corrected chi connectivity index (χ1v) is 9.08. The third-order valence-corrected chi connectivity index (χ3v) is 5.02. The first-order valence-electron chi connectivity index (χ1n) is 8.71. The average molecular weight is 419 g/mol. The van der Waals surface area contributed by atoms with E-state index in [9.17, 15) is 22.4 Å². The molecule has 0 atom stereocenters. The van der Waals surface area contributed by atoms with E-state index in [2.05, 4.69) is 9.88 Å². The Balaban J connectivity index is 1.75. The molecule has 2 aromatic rings.